The summed E-state index contributed by atoms with van der Waals surface area (Å²) in [6, 6.07) is -0.311. The second kappa shape index (κ2) is 8.98. The summed E-state index contributed by atoms with van der Waals surface area (Å²) >= 11 is 0. The third-order valence-corrected chi connectivity index (χ3v) is 2.58. The Morgan fingerprint density at radius 1 is 1.40 bits per heavy atom. The topological polar surface area (TPSA) is 46.3 Å². The van der Waals surface area contributed by atoms with Crippen LogP contribution in [0.15, 0.2) is 0 Å². The van der Waals surface area contributed by atoms with E-state index in [1.807, 2.05) is 14.0 Å². The lowest BCUT2D eigenvalue weighted by atomic mass is 10.1. The van der Waals surface area contributed by atoms with Crippen LogP contribution in [0.25, 0.3) is 0 Å². The van der Waals surface area contributed by atoms with Gasteiger partial charge in [0.05, 0.1) is 6.04 Å². The highest BCUT2D eigenvalue weighted by Crippen LogP contribution is 2.05. The SMILES string of the molecule is CCCC(N)C(=O)N(C)CC(C)CC.Cl. The zero-order chi connectivity index (χ0) is 11.1. The Morgan fingerprint density at radius 3 is 2.33 bits per heavy atom. The molecule has 0 aliphatic carbocycles. The highest BCUT2D eigenvalue weighted by molar-refractivity contribution is 5.85. The van der Waals surface area contributed by atoms with E-state index in [1.54, 1.807) is 4.90 Å². The van der Waals surface area contributed by atoms with E-state index in [0.717, 1.165) is 25.8 Å². The Balaban J connectivity index is 0. The lowest BCUT2D eigenvalue weighted by molar-refractivity contribution is -0.131. The Labute approximate surface area is 99.8 Å². The molecule has 0 saturated carbocycles. The molecule has 0 fully saturated rings. The van der Waals surface area contributed by atoms with Crippen LogP contribution in [0.2, 0.25) is 0 Å². The van der Waals surface area contributed by atoms with Gasteiger partial charge in [-0.2, -0.15) is 0 Å². The zero-order valence-electron chi connectivity index (χ0n) is 10.3. The molecule has 0 radical (unpaired) electrons. The Kier molecular flexibility index (Phi) is 10.3. The van der Waals surface area contributed by atoms with E-state index in [1.165, 1.54) is 0 Å². The first kappa shape index (κ1) is 17.1. The smallest absolute Gasteiger partial charge is 0.239 e. The predicted molar refractivity (Wildman–Crippen MR) is 67.2 cm³/mol. The molecule has 0 rings (SSSR count). The van der Waals surface area contributed by atoms with E-state index in [9.17, 15) is 4.79 Å². The number of hydrogen-bond donors (Lipinski definition) is 1. The summed E-state index contributed by atoms with van der Waals surface area (Å²) in [5.41, 5.74) is 5.75. The van der Waals surface area contributed by atoms with Crippen LogP contribution in [-0.4, -0.2) is 30.4 Å². The van der Waals surface area contributed by atoms with Gasteiger partial charge in [0.2, 0.25) is 5.91 Å². The fraction of sp³-hybridized carbons (Fsp3) is 0.909. The number of likely N-dealkylation sites (N-methyl/N-ethyl adjacent to an activating group) is 1. The largest absolute Gasteiger partial charge is 0.344 e. The Morgan fingerprint density at radius 2 is 1.93 bits per heavy atom. The minimum atomic E-state index is -0.311. The van der Waals surface area contributed by atoms with Gasteiger partial charge in [0, 0.05) is 13.6 Å². The van der Waals surface area contributed by atoms with Crippen molar-refractivity contribution in [3.63, 3.8) is 0 Å². The van der Waals surface area contributed by atoms with Crippen LogP contribution >= 0.6 is 12.4 Å². The van der Waals surface area contributed by atoms with Crippen molar-refractivity contribution in [2.75, 3.05) is 13.6 Å². The molecule has 2 unspecified atom stereocenters. The lowest BCUT2D eigenvalue weighted by Gasteiger charge is -2.23. The van der Waals surface area contributed by atoms with E-state index in [-0.39, 0.29) is 24.4 Å². The van der Waals surface area contributed by atoms with Gasteiger partial charge in [0.15, 0.2) is 0 Å². The summed E-state index contributed by atoms with van der Waals surface area (Å²) in [5.74, 6) is 0.630. The zero-order valence-corrected chi connectivity index (χ0v) is 11.1. The molecular formula is C11H25ClN2O. The molecule has 0 aliphatic heterocycles. The maximum absolute atomic E-state index is 11.7. The number of halogens is 1. The first-order valence-electron chi connectivity index (χ1n) is 5.53. The van der Waals surface area contributed by atoms with Gasteiger partial charge in [0.25, 0.3) is 0 Å². The first-order chi connectivity index (χ1) is 6.52. The molecule has 2 N–H and O–H groups in total. The normalized spacial score (nSPS) is 13.9. The van der Waals surface area contributed by atoms with Crippen LogP contribution in [0.1, 0.15) is 40.0 Å². The molecule has 92 valence electrons. The summed E-state index contributed by atoms with van der Waals surface area (Å²) in [7, 11) is 1.84. The average molecular weight is 237 g/mol. The number of carbonyl (C=O) groups is 1. The molecule has 0 heterocycles. The van der Waals surface area contributed by atoms with Gasteiger partial charge >= 0.3 is 0 Å². The van der Waals surface area contributed by atoms with Gasteiger partial charge in [-0.25, -0.2) is 0 Å². The molecule has 3 nitrogen and oxygen atoms in total. The van der Waals surface area contributed by atoms with Gasteiger partial charge < -0.3 is 10.6 Å². The Hall–Kier alpha value is -0.280. The Bertz CT molecular complexity index is 176. The minimum absolute atomic E-state index is 0. The molecule has 0 bridgehead atoms. The van der Waals surface area contributed by atoms with Gasteiger partial charge in [-0.3, -0.25) is 4.79 Å². The fourth-order valence-electron chi connectivity index (χ4n) is 1.40. The highest BCUT2D eigenvalue weighted by Gasteiger charge is 2.17. The monoisotopic (exact) mass is 236 g/mol. The first-order valence-corrected chi connectivity index (χ1v) is 5.53. The number of amides is 1. The maximum Gasteiger partial charge on any atom is 0.239 e. The van der Waals surface area contributed by atoms with Crippen molar-refractivity contribution in [2.45, 2.75) is 46.1 Å². The van der Waals surface area contributed by atoms with Crippen molar-refractivity contribution in [3.8, 4) is 0 Å². The molecule has 15 heavy (non-hydrogen) atoms. The van der Waals surface area contributed by atoms with E-state index in [0.29, 0.717) is 5.92 Å². The number of hydrogen-bond acceptors (Lipinski definition) is 2. The third-order valence-electron chi connectivity index (χ3n) is 2.58. The summed E-state index contributed by atoms with van der Waals surface area (Å²) in [4.78, 5) is 13.4. The van der Waals surface area contributed by atoms with Crippen molar-refractivity contribution in [3.05, 3.63) is 0 Å². The van der Waals surface area contributed by atoms with Crippen LogP contribution in [0.3, 0.4) is 0 Å². The molecule has 0 spiro atoms. The summed E-state index contributed by atoms with van der Waals surface area (Å²) < 4.78 is 0. The quantitative estimate of drug-likeness (QED) is 0.767. The van der Waals surface area contributed by atoms with Crippen LogP contribution in [0.4, 0.5) is 0 Å². The molecule has 2 atom stereocenters. The lowest BCUT2D eigenvalue weighted by Crippen LogP contribution is -2.43. The van der Waals surface area contributed by atoms with Crippen molar-refractivity contribution in [1.29, 1.82) is 0 Å². The second-order valence-corrected chi connectivity index (χ2v) is 4.13. The van der Waals surface area contributed by atoms with E-state index < -0.39 is 0 Å². The predicted octanol–water partition coefficient (Wildman–Crippen LogP) is 2.04. The molecule has 0 aromatic heterocycles. The molecule has 4 heteroatoms. The van der Waals surface area contributed by atoms with Gasteiger partial charge in [-0.05, 0) is 12.3 Å². The highest BCUT2D eigenvalue weighted by atomic mass is 35.5. The number of carbonyl (C=O) groups excluding carboxylic acids is 1. The molecule has 0 aromatic carbocycles. The van der Waals surface area contributed by atoms with E-state index in [4.69, 9.17) is 5.73 Å². The molecule has 0 saturated heterocycles. The molecule has 0 aromatic rings. The van der Waals surface area contributed by atoms with Crippen LogP contribution in [0, 0.1) is 5.92 Å². The van der Waals surface area contributed by atoms with Gasteiger partial charge in [-0.15, -0.1) is 12.4 Å². The average Bonchev–Trinajstić information content (AvgIpc) is 2.16. The van der Waals surface area contributed by atoms with Gasteiger partial charge in [-0.1, -0.05) is 33.6 Å². The summed E-state index contributed by atoms with van der Waals surface area (Å²) in [5, 5.41) is 0. The van der Waals surface area contributed by atoms with Crippen LogP contribution < -0.4 is 5.73 Å². The second-order valence-electron chi connectivity index (χ2n) is 4.13. The van der Waals surface area contributed by atoms with Crippen molar-refractivity contribution >= 4 is 18.3 Å². The van der Waals surface area contributed by atoms with Crippen LogP contribution in [0.5, 0.6) is 0 Å². The molecular weight excluding hydrogens is 212 g/mol. The fourth-order valence-corrected chi connectivity index (χ4v) is 1.40. The summed E-state index contributed by atoms with van der Waals surface area (Å²) in [6.45, 7) is 7.14. The van der Waals surface area contributed by atoms with Crippen molar-refractivity contribution < 1.29 is 4.79 Å². The van der Waals surface area contributed by atoms with Crippen molar-refractivity contribution in [2.24, 2.45) is 11.7 Å². The maximum atomic E-state index is 11.7. The third kappa shape index (κ3) is 6.74. The van der Waals surface area contributed by atoms with E-state index >= 15 is 0 Å². The molecule has 0 aliphatic rings. The van der Waals surface area contributed by atoms with E-state index in [2.05, 4.69) is 13.8 Å². The number of rotatable bonds is 6. The number of nitrogens with two attached hydrogens (primary N) is 1. The molecule has 1 amide bonds. The standard InChI is InChI=1S/C11H24N2O.ClH/c1-5-7-10(12)11(14)13(4)8-9(3)6-2;/h9-10H,5-8,12H2,1-4H3;1H. The minimum Gasteiger partial charge on any atom is -0.344 e. The van der Waals surface area contributed by atoms with Crippen molar-refractivity contribution in [1.82, 2.24) is 4.90 Å². The van der Waals surface area contributed by atoms with Gasteiger partial charge in [0.1, 0.15) is 0 Å². The van der Waals surface area contributed by atoms with Crippen LogP contribution in [-0.2, 0) is 4.79 Å². The summed E-state index contributed by atoms with van der Waals surface area (Å²) in [6.07, 6.45) is 2.84. The number of nitrogens with zero attached hydrogens (tertiary/aromatic N) is 1.